The number of benzene rings is 1. The molecule has 0 aliphatic heterocycles. The highest BCUT2D eigenvalue weighted by molar-refractivity contribution is 5.67. The van der Waals surface area contributed by atoms with Gasteiger partial charge in [0.15, 0.2) is 0 Å². The van der Waals surface area contributed by atoms with Crippen molar-refractivity contribution in [3.05, 3.63) is 35.9 Å². The molecular weight excluding hydrogens is 346 g/mol. The highest BCUT2D eigenvalue weighted by Gasteiger charge is 2.33. The van der Waals surface area contributed by atoms with Gasteiger partial charge in [-0.3, -0.25) is 0 Å². The van der Waals surface area contributed by atoms with Crippen molar-refractivity contribution in [2.75, 3.05) is 27.0 Å². The first-order valence-electron chi connectivity index (χ1n) is 9.67. The lowest BCUT2D eigenvalue weighted by molar-refractivity contribution is -0.117. The summed E-state index contributed by atoms with van der Waals surface area (Å²) in [7, 11) is 1.60. The molecular formula is C21H31NO5. The van der Waals surface area contributed by atoms with Crippen molar-refractivity contribution in [1.29, 1.82) is 0 Å². The van der Waals surface area contributed by atoms with Crippen LogP contribution in [0.3, 0.4) is 0 Å². The monoisotopic (exact) mass is 377 g/mol. The lowest BCUT2D eigenvalue weighted by Gasteiger charge is -2.37. The quantitative estimate of drug-likeness (QED) is 0.460. The lowest BCUT2D eigenvalue weighted by atomic mass is 9.78. The van der Waals surface area contributed by atoms with Crippen LogP contribution in [0.15, 0.2) is 30.3 Å². The van der Waals surface area contributed by atoms with E-state index in [0.717, 1.165) is 31.1 Å². The van der Waals surface area contributed by atoms with Crippen molar-refractivity contribution in [1.82, 2.24) is 4.90 Å². The van der Waals surface area contributed by atoms with Gasteiger partial charge in [0.1, 0.15) is 19.7 Å². The van der Waals surface area contributed by atoms with E-state index in [9.17, 15) is 9.59 Å². The van der Waals surface area contributed by atoms with Crippen LogP contribution < -0.4 is 0 Å². The van der Waals surface area contributed by atoms with Gasteiger partial charge in [-0.25, -0.2) is 4.79 Å². The predicted molar refractivity (Wildman–Crippen MR) is 102 cm³/mol. The number of amides is 1. The van der Waals surface area contributed by atoms with E-state index in [-0.39, 0.29) is 31.5 Å². The largest absolute Gasteiger partial charge is 0.445 e. The molecule has 1 aliphatic carbocycles. The van der Waals surface area contributed by atoms with E-state index in [2.05, 4.69) is 0 Å². The van der Waals surface area contributed by atoms with Crippen LogP contribution in [0.4, 0.5) is 4.79 Å². The Labute approximate surface area is 161 Å². The molecule has 0 unspecified atom stereocenters. The minimum Gasteiger partial charge on any atom is -0.445 e. The Balaban J connectivity index is 1.91. The van der Waals surface area contributed by atoms with E-state index in [1.54, 1.807) is 12.0 Å². The van der Waals surface area contributed by atoms with Crippen LogP contribution in [0, 0.1) is 11.8 Å². The molecule has 0 aromatic heterocycles. The van der Waals surface area contributed by atoms with Gasteiger partial charge < -0.3 is 23.9 Å². The standard InChI is InChI=1S/C21H31NO5/c1-3-22(21(24)26-15-18-7-5-4-6-8-18)14-19-10-9-17(11-12-23)13-20(19)27-16-25-2/h4-8,12,17,19-20H,3,9-11,13-16H2,1-2H3/t17-,19-,20+/m0/s1. The number of methoxy groups -OCH3 is 1. The molecule has 0 radical (unpaired) electrons. The summed E-state index contributed by atoms with van der Waals surface area (Å²) in [6.07, 6.45) is 3.96. The molecule has 6 heteroatoms. The van der Waals surface area contributed by atoms with E-state index in [1.165, 1.54) is 0 Å². The number of carbonyl (C=O) groups excluding carboxylic acids is 2. The van der Waals surface area contributed by atoms with Crippen LogP contribution in [0.1, 0.15) is 38.2 Å². The fraction of sp³-hybridized carbons (Fsp3) is 0.619. The Kier molecular flexibility index (Phi) is 9.28. The summed E-state index contributed by atoms with van der Waals surface area (Å²) in [5, 5.41) is 0. The smallest absolute Gasteiger partial charge is 0.410 e. The molecule has 1 amide bonds. The maximum atomic E-state index is 12.5. The topological polar surface area (TPSA) is 65.1 Å². The van der Waals surface area contributed by atoms with E-state index in [1.807, 2.05) is 37.3 Å². The molecule has 6 nitrogen and oxygen atoms in total. The molecule has 0 heterocycles. The molecule has 3 atom stereocenters. The highest BCUT2D eigenvalue weighted by atomic mass is 16.7. The molecule has 0 bridgehead atoms. The number of carbonyl (C=O) groups is 2. The minimum absolute atomic E-state index is 0.0142. The summed E-state index contributed by atoms with van der Waals surface area (Å²) in [4.78, 5) is 25.1. The van der Waals surface area contributed by atoms with E-state index >= 15 is 0 Å². The predicted octanol–water partition coefficient (Wildman–Crippen LogP) is 3.64. The number of hydrogen-bond donors (Lipinski definition) is 0. The Morgan fingerprint density at radius 1 is 1.26 bits per heavy atom. The zero-order valence-electron chi connectivity index (χ0n) is 16.3. The minimum atomic E-state index is -0.304. The summed E-state index contributed by atoms with van der Waals surface area (Å²) in [5.41, 5.74) is 0.970. The van der Waals surface area contributed by atoms with Gasteiger partial charge in [0.05, 0.1) is 6.10 Å². The molecule has 27 heavy (non-hydrogen) atoms. The van der Waals surface area contributed by atoms with Crippen LogP contribution in [0.5, 0.6) is 0 Å². The zero-order valence-corrected chi connectivity index (χ0v) is 16.3. The first-order valence-corrected chi connectivity index (χ1v) is 9.67. The average Bonchev–Trinajstić information content (AvgIpc) is 2.70. The molecule has 1 aromatic carbocycles. The number of rotatable bonds is 10. The van der Waals surface area contributed by atoms with E-state index in [0.29, 0.717) is 25.4 Å². The van der Waals surface area contributed by atoms with Gasteiger partial charge in [0.2, 0.25) is 0 Å². The van der Waals surface area contributed by atoms with Gasteiger partial charge in [-0.1, -0.05) is 30.3 Å². The molecule has 1 aromatic rings. The molecule has 2 rings (SSSR count). The van der Waals surface area contributed by atoms with Gasteiger partial charge in [-0.15, -0.1) is 0 Å². The van der Waals surface area contributed by atoms with Crippen molar-refractivity contribution in [3.8, 4) is 0 Å². The normalized spacial score (nSPS) is 22.2. The third-order valence-electron chi connectivity index (χ3n) is 5.17. The Hall–Kier alpha value is -1.92. The van der Waals surface area contributed by atoms with Crippen LogP contribution in [0.2, 0.25) is 0 Å². The van der Waals surface area contributed by atoms with Gasteiger partial charge >= 0.3 is 6.09 Å². The summed E-state index contributed by atoms with van der Waals surface area (Å²) in [6, 6.07) is 9.66. The van der Waals surface area contributed by atoms with Crippen LogP contribution in [-0.4, -0.2) is 50.4 Å². The number of ether oxygens (including phenoxy) is 3. The highest BCUT2D eigenvalue weighted by Crippen LogP contribution is 2.33. The van der Waals surface area contributed by atoms with Crippen LogP contribution in [-0.2, 0) is 25.6 Å². The molecule has 150 valence electrons. The van der Waals surface area contributed by atoms with Crippen molar-refractivity contribution < 1.29 is 23.8 Å². The SMILES string of the molecule is CCN(C[C@@H]1CC[C@@H](CC=O)C[C@H]1OCOC)C(=O)OCc1ccccc1. The Morgan fingerprint density at radius 2 is 2.04 bits per heavy atom. The molecule has 1 aliphatic rings. The molecule has 0 spiro atoms. The molecule has 1 fully saturated rings. The van der Waals surface area contributed by atoms with E-state index in [4.69, 9.17) is 14.2 Å². The first-order chi connectivity index (χ1) is 13.2. The van der Waals surface area contributed by atoms with Crippen LogP contribution in [0.25, 0.3) is 0 Å². The summed E-state index contributed by atoms with van der Waals surface area (Å²) < 4.78 is 16.4. The fourth-order valence-electron chi connectivity index (χ4n) is 3.62. The summed E-state index contributed by atoms with van der Waals surface area (Å²) >= 11 is 0. The van der Waals surface area contributed by atoms with Gasteiger partial charge in [0, 0.05) is 32.5 Å². The second-order valence-electron chi connectivity index (χ2n) is 7.03. The zero-order chi connectivity index (χ0) is 19.5. The fourth-order valence-corrected chi connectivity index (χ4v) is 3.62. The third kappa shape index (κ3) is 6.96. The molecule has 1 saturated carbocycles. The summed E-state index contributed by atoms with van der Waals surface area (Å²) in [5.74, 6) is 0.563. The maximum Gasteiger partial charge on any atom is 0.410 e. The van der Waals surface area contributed by atoms with E-state index < -0.39 is 0 Å². The second-order valence-corrected chi connectivity index (χ2v) is 7.03. The van der Waals surface area contributed by atoms with Crippen LogP contribution >= 0.6 is 0 Å². The van der Waals surface area contributed by atoms with Gasteiger partial charge in [0.25, 0.3) is 0 Å². The third-order valence-corrected chi connectivity index (χ3v) is 5.17. The van der Waals surface area contributed by atoms with Gasteiger partial charge in [-0.05, 0) is 37.7 Å². The Bertz CT molecular complexity index is 565. The molecule has 0 N–H and O–H groups in total. The number of hydrogen-bond acceptors (Lipinski definition) is 5. The Morgan fingerprint density at radius 3 is 2.70 bits per heavy atom. The van der Waals surface area contributed by atoms with Crippen molar-refractivity contribution in [2.24, 2.45) is 11.8 Å². The van der Waals surface area contributed by atoms with Crippen molar-refractivity contribution in [2.45, 2.75) is 45.3 Å². The van der Waals surface area contributed by atoms with Crippen molar-refractivity contribution in [3.63, 3.8) is 0 Å². The second kappa shape index (κ2) is 11.7. The number of nitrogens with zero attached hydrogens (tertiary/aromatic N) is 1. The summed E-state index contributed by atoms with van der Waals surface area (Å²) in [6.45, 7) is 3.61. The van der Waals surface area contributed by atoms with Gasteiger partial charge in [-0.2, -0.15) is 0 Å². The molecule has 0 saturated heterocycles. The first kappa shape index (κ1) is 21.4. The average molecular weight is 377 g/mol. The number of aldehydes is 1. The van der Waals surface area contributed by atoms with Crippen molar-refractivity contribution >= 4 is 12.4 Å². The maximum absolute atomic E-state index is 12.5. The lowest BCUT2D eigenvalue weighted by Crippen LogP contribution is -2.43.